The van der Waals surface area contributed by atoms with E-state index in [1.807, 2.05) is 0 Å². The number of likely N-dealkylation sites (tertiary alicyclic amines) is 1. The summed E-state index contributed by atoms with van der Waals surface area (Å²) in [6.07, 6.45) is 6.10. The number of aromatic nitrogens is 2. The smallest absolute Gasteiger partial charge is 0.249 e. The van der Waals surface area contributed by atoms with Crippen molar-refractivity contribution in [3.63, 3.8) is 0 Å². The first-order valence-electron chi connectivity index (χ1n) is 6.28. The molecule has 6 heteroatoms. The predicted molar refractivity (Wildman–Crippen MR) is 70.3 cm³/mol. The molecule has 1 aliphatic rings. The maximum atomic E-state index is 12.3. The van der Waals surface area contributed by atoms with Crippen LogP contribution in [0.15, 0.2) is 31.1 Å². The Morgan fingerprint density at radius 2 is 2.32 bits per heavy atom. The van der Waals surface area contributed by atoms with E-state index in [0.717, 1.165) is 6.42 Å². The Balaban J connectivity index is 2.36. The monoisotopic (exact) mass is 262 g/mol. The number of rotatable bonds is 3. The van der Waals surface area contributed by atoms with Gasteiger partial charge in [0, 0.05) is 26.0 Å². The number of hydrogen-bond donors (Lipinski definition) is 1. The van der Waals surface area contributed by atoms with Crippen molar-refractivity contribution in [3.05, 3.63) is 31.1 Å². The van der Waals surface area contributed by atoms with E-state index < -0.39 is 5.54 Å². The van der Waals surface area contributed by atoms with Gasteiger partial charge in [0.05, 0.1) is 6.54 Å². The van der Waals surface area contributed by atoms with E-state index in [1.165, 1.54) is 6.08 Å². The zero-order chi connectivity index (χ0) is 13.9. The quantitative estimate of drug-likeness (QED) is 0.788. The SMILES string of the molecule is C=CC(=O)N1CCCC(C(=O)NC)(n2cccn2)C1. The van der Waals surface area contributed by atoms with Gasteiger partial charge in [-0.3, -0.25) is 14.3 Å². The molecule has 1 saturated heterocycles. The van der Waals surface area contributed by atoms with Crippen molar-refractivity contribution in [1.29, 1.82) is 0 Å². The van der Waals surface area contributed by atoms with Gasteiger partial charge in [-0.2, -0.15) is 5.10 Å². The lowest BCUT2D eigenvalue weighted by molar-refractivity contribution is -0.138. The second-order valence-electron chi connectivity index (χ2n) is 4.63. The molecule has 0 bridgehead atoms. The molecule has 2 amide bonds. The van der Waals surface area contributed by atoms with Gasteiger partial charge in [-0.1, -0.05) is 6.58 Å². The Bertz CT molecular complexity index is 483. The van der Waals surface area contributed by atoms with Gasteiger partial charge in [0.25, 0.3) is 0 Å². The zero-order valence-electron chi connectivity index (χ0n) is 11.0. The highest BCUT2D eigenvalue weighted by Gasteiger charge is 2.44. The fourth-order valence-corrected chi connectivity index (χ4v) is 2.58. The van der Waals surface area contributed by atoms with Crippen molar-refractivity contribution in [2.24, 2.45) is 0 Å². The summed E-state index contributed by atoms with van der Waals surface area (Å²) in [7, 11) is 1.60. The van der Waals surface area contributed by atoms with Gasteiger partial charge in [-0.25, -0.2) is 0 Å². The number of carbonyl (C=O) groups is 2. The molecule has 6 nitrogen and oxygen atoms in total. The lowest BCUT2D eigenvalue weighted by atomic mass is 9.88. The van der Waals surface area contributed by atoms with Crippen LogP contribution in [0.5, 0.6) is 0 Å². The van der Waals surface area contributed by atoms with Crippen LogP contribution >= 0.6 is 0 Å². The average molecular weight is 262 g/mol. The van der Waals surface area contributed by atoms with Crippen LogP contribution in [0.1, 0.15) is 12.8 Å². The van der Waals surface area contributed by atoms with E-state index in [1.54, 1.807) is 35.1 Å². The highest BCUT2D eigenvalue weighted by Crippen LogP contribution is 2.28. The number of carbonyl (C=O) groups excluding carboxylic acids is 2. The molecule has 1 fully saturated rings. The molecule has 1 aromatic rings. The molecule has 1 aliphatic heterocycles. The first-order chi connectivity index (χ1) is 9.14. The standard InChI is InChI=1S/C13H18N4O2/c1-3-11(18)16-8-4-6-13(10-16,12(19)14-2)17-9-5-7-15-17/h3,5,7,9H,1,4,6,8,10H2,2H3,(H,14,19). The lowest BCUT2D eigenvalue weighted by Gasteiger charge is -2.41. The molecule has 1 atom stereocenters. The van der Waals surface area contributed by atoms with Crippen molar-refractivity contribution < 1.29 is 9.59 Å². The molecule has 19 heavy (non-hydrogen) atoms. The largest absolute Gasteiger partial charge is 0.357 e. The van der Waals surface area contributed by atoms with Gasteiger partial charge in [-0.15, -0.1) is 0 Å². The summed E-state index contributed by atoms with van der Waals surface area (Å²) < 4.78 is 1.65. The third kappa shape index (κ3) is 2.25. The first-order valence-corrected chi connectivity index (χ1v) is 6.28. The van der Waals surface area contributed by atoms with E-state index in [0.29, 0.717) is 19.5 Å². The minimum absolute atomic E-state index is 0.127. The summed E-state index contributed by atoms with van der Waals surface area (Å²) in [6, 6.07) is 1.78. The predicted octanol–water partition coefficient (Wildman–Crippen LogP) is 0.133. The van der Waals surface area contributed by atoms with Crippen molar-refractivity contribution in [1.82, 2.24) is 20.0 Å². The Kier molecular flexibility index (Phi) is 3.69. The second-order valence-corrected chi connectivity index (χ2v) is 4.63. The summed E-state index contributed by atoms with van der Waals surface area (Å²) >= 11 is 0. The van der Waals surface area contributed by atoms with Crippen molar-refractivity contribution >= 4 is 11.8 Å². The topological polar surface area (TPSA) is 67.2 Å². The molecular formula is C13H18N4O2. The number of hydrogen-bond acceptors (Lipinski definition) is 3. The summed E-state index contributed by atoms with van der Waals surface area (Å²) in [5, 5.41) is 6.87. The van der Waals surface area contributed by atoms with Gasteiger partial charge in [0.1, 0.15) is 0 Å². The summed E-state index contributed by atoms with van der Waals surface area (Å²) in [6.45, 7) is 4.46. The van der Waals surface area contributed by atoms with Crippen LogP contribution in [0.4, 0.5) is 0 Å². The Hall–Kier alpha value is -2.11. The van der Waals surface area contributed by atoms with Gasteiger partial charge < -0.3 is 10.2 Å². The maximum absolute atomic E-state index is 12.3. The fourth-order valence-electron chi connectivity index (χ4n) is 2.58. The van der Waals surface area contributed by atoms with Gasteiger partial charge >= 0.3 is 0 Å². The van der Waals surface area contributed by atoms with Crippen LogP contribution in [-0.2, 0) is 15.1 Å². The van der Waals surface area contributed by atoms with E-state index in [-0.39, 0.29) is 11.8 Å². The molecule has 0 saturated carbocycles. The average Bonchev–Trinajstić information content (AvgIpc) is 3.00. The number of likely N-dealkylation sites (N-methyl/N-ethyl adjacent to an activating group) is 1. The second kappa shape index (κ2) is 5.26. The fraction of sp³-hybridized carbons (Fsp3) is 0.462. The van der Waals surface area contributed by atoms with Gasteiger partial charge in [0.15, 0.2) is 5.54 Å². The minimum atomic E-state index is -0.824. The lowest BCUT2D eigenvalue weighted by Crippen LogP contribution is -2.58. The molecule has 2 rings (SSSR count). The van der Waals surface area contributed by atoms with Crippen LogP contribution in [0.25, 0.3) is 0 Å². The highest BCUT2D eigenvalue weighted by atomic mass is 16.2. The summed E-state index contributed by atoms with van der Waals surface area (Å²) in [4.78, 5) is 25.7. The van der Waals surface area contributed by atoms with Crippen LogP contribution < -0.4 is 5.32 Å². The third-order valence-corrected chi connectivity index (χ3v) is 3.55. The van der Waals surface area contributed by atoms with E-state index in [2.05, 4.69) is 17.0 Å². The molecule has 1 unspecified atom stereocenters. The molecule has 2 heterocycles. The number of amides is 2. The molecular weight excluding hydrogens is 244 g/mol. The van der Waals surface area contributed by atoms with Crippen LogP contribution in [0, 0.1) is 0 Å². The Morgan fingerprint density at radius 3 is 2.89 bits per heavy atom. The molecule has 102 valence electrons. The molecule has 0 radical (unpaired) electrons. The maximum Gasteiger partial charge on any atom is 0.249 e. The number of nitrogens with one attached hydrogen (secondary N) is 1. The van der Waals surface area contributed by atoms with Gasteiger partial charge in [0.2, 0.25) is 11.8 Å². The van der Waals surface area contributed by atoms with Crippen molar-refractivity contribution in [3.8, 4) is 0 Å². The minimum Gasteiger partial charge on any atom is -0.357 e. The number of nitrogens with zero attached hydrogens (tertiary/aromatic N) is 3. The Morgan fingerprint density at radius 1 is 1.53 bits per heavy atom. The molecule has 0 aromatic carbocycles. The van der Waals surface area contributed by atoms with Crippen molar-refractivity contribution in [2.45, 2.75) is 18.4 Å². The van der Waals surface area contributed by atoms with E-state index in [9.17, 15) is 9.59 Å². The third-order valence-electron chi connectivity index (χ3n) is 3.55. The van der Waals surface area contributed by atoms with Crippen LogP contribution in [0.3, 0.4) is 0 Å². The first kappa shape index (κ1) is 13.3. The summed E-state index contributed by atoms with van der Waals surface area (Å²) in [5.74, 6) is -0.280. The van der Waals surface area contributed by atoms with Crippen LogP contribution in [0.2, 0.25) is 0 Å². The molecule has 0 aliphatic carbocycles. The number of piperidine rings is 1. The molecule has 1 aromatic heterocycles. The van der Waals surface area contributed by atoms with Crippen molar-refractivity contribution in [2.75, 3.05) is 20.1 Å². The summed E-state index contributed by atoms with van der Waals surface area (Å²) in [5.41, 5.74) is -0.824. The van der Waals surface area contributed by atoms with Crippen LogP contribution in [-0.4, -0.2) is 46.6 Å². The molecule has 1 N–H and O–H groups in total. The highest BCUT2D eigenvalue weighted by molar-refractivity contribution is 5.89. The van der Waals surface area contributed by atoms with E-state index in [4.69, 9.17) is 0 Å². The van der Waals surface area contributed by atoms with E-state index >= 15 is 0 Å². The van der Waals surface area contributed by atoms with Gasteiger partial charge in [-0.05, 0) is 25.0 Å². The Labute approximate surface area is 112 Å². The normalized spacial score (nSPS) is 22.9. The zero-order valence-corrected chi connectivity index (χ0v) is 11.0. The molecule has 0 spiro atoms.